The summed E-state index contributed by atoms with van der Waals surface area (Å²) >= 11 is 0. The lowest BCUT2D eigenvalue weighted by Gasteiger charge is -2.27. The Morgan fingerprint density at radius 3 is 2.43 bits per heavy atom. The molecule has 0 spiro atoms. The van der Waals surface area contributed by atoms with E-state index in [0.717, 1.165) is 24.1 Å². The van der Waals surface area contributed by atoms with Crippen LogP contribution in [0.5, 0.6) is 0 Å². The Morgan fingerprint density at radius 2 is 1.86 bits per heavy atom. The van der Waals surface area contributed by atoms with Gasteiger partial charge in [-0.3, -0.25) is 0 Å². The zero-order valence-electron chi connectivity index (χ0n) is 13.6. The normalized spacial score (nSPS) is 13.4. The summed E-state index contributed by atoms with van der Waals surface area (Å²) in [6.45, 7) is 10.4. The monoisotopic (exact) mass is 287 g/mol. The van der Waals surface area contributed by atoms with Crippen molar-refractivity contribution in [3.05, 3.63) is 36.0 Å². The van der Waals surface area contributed by atoms with Crippen molar-refractivity contribution < 1.29 is 4.74 Å². The maximum absolute atomic E-state index is 6.09. The van der Waals surface area contributed by atoms with Gasteiger partial charge in [-0.05, 0) is 34.1 Å². The average Bonchev–Trinajstić information content (AvgIpc) is 2.87. The molecule has 4 heteroatoms. The number of aryl methyl sites for hydroxylation is 1. The number of ether oxygens (including phenoxy) is 1. The minimum atomic E-state index is -0.199. The van der Waals surface area contributed by atoms with Crippen molar-refractivity contribution in [3.8, 4) is 11.3 Å². The fraction of sp³-hybridized carbons (Fsp3) is 0.529. The van der Waals surface area contributed by atoms with Crippen molar-refractivity contribution in [3.63, 3.8) is 0 Å². The topological polar surface area (TPSA) is 39.9 Å². The van der Waals surface area contributed by atoms with E-state index in [1.54, 1.807) is 0 Å². The number of hydrogen-bond donors (Lipinski definition) is 0. The lowest BCUT2D eigenvalue weighted by atomic mass is 10.1. The van der Waals surface area contributed by atoms with E-state index in [2.05, 4.69) is 69.2 Å². The highest BCUT2D eigenvalue weighted by Gasteiger charge is 2.21. The van der Waals surface area contributed by atoms with Crippen molar-refractivity contribution in [2.45, 2.75) is 59.3 Å². The van der Waals surface area contributed by atoms with Gasteiger partial charge in [-0.25, -0.2) is 4.68 Å². The van der Waals surface area contributed by atoms with Crippen LogP contribution in [0.4, 0.5) is 0 Å². The second kappa shape index (κ2) is 6.39. The average molecular weight is 287 g/mol. The molecule has 0 aliphatic heterocycles. The minimum Gasteiger partial charge on any atom is -0.351 e. The number of aromatic nitrogens is 3. The summed E-state index contributed by atoms with van der Waals surface area (Å²) in [7, 11) is 0. The zero-order valence-corrected chi connectivity index (χ0v) is 13.6. The Balaban J connectivity index is 2.21. The molecule has 1 unspecified atom stereocenters. The van der Waals surface area contributed by atoms with Crippen LogP contribution in [-0.4, -0.2) is 20.6 Å². The summed E-state index contributed by atoms with van der Waals surface area (Å²) < 4.78 is 7.93. The molecular weight excluding hydrogens is 262 g/mol. The Kier molecular flexibility index (Phi) is 4.78. The van der Waals surface area contributed by atoms with Gasteiger partial charge in [0.2, 0.25) is 0 Å². The molecule has 0 saturated carbocycles. The Morgan fingerprint density at radius 1 is 1.19 bits per heavy atom. The third-order valence-corrected chi connectivity index (χ3v) is 3.18. The smallest absolute Gasteiger partial charge is 0.152 e. The molecule has 0 N–H and O–H groups in total. The minimum absolute atomic E-state index is 0.0679. The second-order valence-corrected chi connectivity index (χ2v) is 6.42. The molecule has 0 radical (unpaired) electrons. The van der Waals surface area contributed by atoms with Gasteiger partial charge in [-0.1, -0.05) is 48.4 Å². The largest absolute Gasteiger partial charge is 0.351 e. The molecule has 21 heavy (non-hydrogen) atoms. The van der Waals surface area contributed by atoms with Gasteiger partial charge in [0.15, 0.2) is 6.23 Å². The van der Waals surface area contributed by atoms with Crippen molar-refractivity contribution in [1.29, 1.82) is 0 Å². The van der Waals surface area contributed by atoms with Crippen molar-refractivity contribution >= 4 is 0 Å². The summed E-state index contributed by atoms with van der Waals surface area (Å²) in [6, 6.07) is 8.32. The van der Waals surface area contributed by atoms with E-state index < -0.39 is 0 Å². The fourth-order valence-electron chi connectivity index (χ4n) is 2.17. The van der Waals surface area contributed by atoms with Crippen LogP contribution in [0.15, 0.2) is 30.5 Å². The molecule has 1 aromatic heterocycles. The lowest BCUT2D eigenvalue weighted by molar-refractivity contribution is -0.106. The third-order valence-electron chi connectivity index (χ3n) is 3.18. The second-order valence-electron chi connectivity index (χ2n) is 6.42. The molecule has 0 fully saturated rings. The first-order valence-electron chi connectivity index (χ1n) is 7.56. The van der Waals surface area contributed by atoms with Crippen LogP contribution in [-0.2, 0) is 4.74 Å². The molecule has 0 amide bonds. The summed E-state index contributed by atoms with van der Waals surface area (Å²) in [5, 5.41) is 8.54. The lowest BCUT2D eigenvalue weighted by Crippen LogP contribution is -2.26. The van der Waals surface area contributed by atoms with Crippen LogP contribution in [0.25, 0.3) is 11.3 Å². The Labute approximate surface area is 127 Å². The van der Waals surface area contributed by atoms with Crippen molar-refractivity contribution in [2.75, 3.05) is 0 Å². The van der Waals surface area contributed by atoms with E-state index in [-0.39, 0.29) is 11.8 Å². The highest BCUT2D eigenvalue weighted by molar-refractivity contribution is 5.57. The van der Waals surface area contributed by atoms with E-state index >= 15 is 0 Å². The predicted molar refractivity (Wildman–Crippen MR) is 85.0 cm³/mol. The highest BCUT2D eigenvalue weighted by Crippen LogP contribution is 2.24. The van der Waals surface area contributed by atoms with Crippen LogP contribution in [0, 0.1) is 6.92 Å². The fourth-order valence-corrected chi connectivity index (χ4v) is 2.17. The van der Waals surface area contributed by atoms with E-state index in [0.29, 0.717) is 0 Å². The standard InChI is InChI=1S/C17H25N3O/c1-6-7-16(21-17(3,4)5)20-12-15(18-19-20)14-10-8-13(2)9-11-14/h8-12,16H,6-7H2,1-5H3. The van der Waals surface area contributed by atoms with E-state index in [1.807, 2.05) is 10.9 Å². The molecule has 1 aromatic carbocycles. The van der Waals surface area contributed by atoms with Gasteiger partial charge < -0.3 is 4.74 Å². The highest BCUT2D eigenvalue weighted by atomic mass is 16.5. The molecule has 1 atom stereocenters. The van der Waals surface area contributed by atoms with Crippen LogP contribution < -0.4 is 0 Å². The molecule has 0 aliphatic rings. The van der Waals surface area contributed by atoms with Gasteiger partial charge in [0.05, 0.1) is 11.8 Å². The van der Waals surface area contributed by atoms with Crippen LogP contribution in [0.2, 0.25) is 0 Å². The predicted octanol–water partition coefficient (Wildman–Crippen LogP) is 4.37. The maximum Gasteiger partial charge on any atom is 0.152 e. The molecule has 0 bridgehead atoms. The van der Waals surface area contributed by atoms with E-state index in [4.69, 9.17) is 4.74 Å². The van der Waals surface area contributed by atoms with Gasteiger partial charge >= 0.3 is 0 Å². The van der Waals surface area contributed by atoms with Gasteiger partial charge in [0.1, 0.15) is 5.69 Å². The number of benzene rings is 1. The summed E-state index contributed by atoms with van der Waals surface area (Å²) in [5.41, 5.74) is 3.01. The molecule has 1 heterocycles. The number of rotatable bonds is 5. The quantitative estimate of drug-likeness (QED) is 0.820. The molecule has 114 valence electrons. The molecule has 0 saturated heterocycles. The molecule has 0 aliphatic carbocycles. The molecule has 2 aromatic rings. The maximum atomic E-state index is 6.09. The number of nitrogens with zero attached hydrogens (tertiary/aromatic N) is 3. The van der Waals surface area contributed by atoms with Gasteiger partial charge in [0.25, 0.3) is 0 Å². The van der Waals surface area contributed by atoms with Crippen LogP contribution >= 0.6 is 0 Å². The number of hydrogen-bond acceptors (Lipinski definition) is 3. The third kappa shape index (κ3) is 4.39. The molecule has 2 rings (SSSR count). The van der Waals surface area contributed by atoms with Gasteiger partial charge in [0, 0.05) is 5.56 Å². The van der Waals surface area contributed by atoms with Gasteiger partial charge in [-0.2, -0.15) is 0 Å². The Bertz CT molecular complexity index is 566. The summed E-state index contributed by atoms with van der Waals surface area (Å²) in [6.07, 6.45) is 3.87. The van der Waals surface area contributed by atoms with E-state index in [1.165, 1.54) is 5.56 Å². The zero-order chi connectivity index (χ0) is 15.5. The first kappa shape index (κ1) is 15.7. The SMILES string of the molecule is CCCC(OC(C)(C)C)n1cc(-c2ccc(C)cc2)nn1. The first-order chi connectivity index (χ1) is 9.89. The molecular formula is C17H25N3O. The van der Waals surface area contributed by atoms with Crippen LogP contribution in [0.3, 0.4) is 0 Å². The van der Waals surface area contributed by atoms with Crippen LogP contribution in [0.1, 0.15) is 52.3 Å². The van der Waals surface area contributed by atoms with E-state index in [9.17, 15) is 0 Å². The first-order valence-corrected chi connectivity index (χ1v) is 7.56. The Hall–Kier alpha value is -1.68. The summed E-state index contributed by atoms with van der Waals surface area (Å²) in [4.78, 5) is 0. The van der Waals surface area contributed by atoms with Crippen molar-refractivity contribution in [2.24, 2.45) is 0 Å². The molecule has 4 nitrogen and oxygen atoms in total. The van der Waals surface area contributed by atoms with Crippen molar-refractivity contribution in [1.82, 2.24) is 15.0 Å². The van der Waals surface area contributed by atoms with Gasteiger partial charge in [-0.15, -0.1) is 5.10 Å². The summed E-state index contributed by atoms with van der Waals surface area (Å²) in [5.74, 6) is 0.